The topological polar surface area (TPSA) is 71.8 Å². The molecule has 1 N–H and O–H groups in total. The number of nitrogens with zero attached hydrogens (tertiary/aromatic N) is 4. The molecular formula is C17H29N5O2. The predicted molar refractivity (Wildman–Crippen MR) is 93.8 cm³/mol. The molecule has 2 rings (SSSR count). The highest BCUT2D eigenvalue weighted by atomic mass is 16.5. The minimum absolute atomic E-state index is 0.0485. The monoisotopic (exact) mass is 335 g/mol. The fraction of sp³-hybridized carbons (Fsp3) is 0.706. The SMILES string of the molecule is CCOC(=O)C1CCCN(C(=NC)NCCCc2cnn(C)c2)C1. The van der Waals surface area contributed by atoms with Crippen LogP contribution in [-0.4, -0.2) is 59.9 Å². The number of esters is 1. The highest BCUT2D eigenvalue weighted by Gasteiger charge is 2.28. The fourth-order valence-electron chi connectivity index (χ4n) is 3.05. The number of hydrogen-bond donors (Lipinski definition) is 1. The number of aryl methyl sites for hydroxylation is 2. The van der Waals surface area contributed by atoms with Crippen LogP contribution in [0.15, 0.2) is 17.4 Å². The van der Waals surface area contributed by atoms with Crippen LogP contribution in [0.5, 0.6) is 0 Å². The summed E-state index contributed by atoms with van der Waals surface area (Å²) in [6, 6.07) is 0. The summed E-state index contributed by atoms with van der Waals surface area (Å²) in [6.45, 7) is 4.75. The molecule has 1 aromatic rings. The third-order valence-electron chi connectivity index (χ3n) is 4.24. The number of hydrogen-bond acceptors (Lipinski definition) is 4. The van der Waals surface area contributed by atoms with Crippen LogP contribution in [0.2, 0.25) is 0 Å². The molecule has 1 fully saturated rings. The number of likely N-dealkylation sites (tertiary alicyclic amines) is 1. The predicted octanol–water partition coefficient (Wildman–Crippen LogP) is 1.20. The van der Waals surface area contributed by atoms with Gasteiger partial charge in [-0.15, -0.1) is 0 Å². The Morgan fingerprint density at radius 1 is 1.54 bits per heavy atom. The van der Waals surface area contributed by atoms with E-state index in [1.807, 2.05) is 31.0 Å². The van der Waals surface area contributed by atoms with Gasteiger partial charge in [-0.05, 0) is 38.2 Å². The van der Waals surface area contributed by atoms with Gasteiger partial charge in [0.2, 0.25) is 0 Å². The number of ether oxygens (including phenoxy) is 1. The molecule has 1 aliphatic heterocycles. The summed E-state index contributed by atoms with van der Waals surface area (Å²) < 4.78 is 6.98. The van der Waals surface area contributed by atoms with Crippen molar-refractivity contribution in [3.63, 3.8) is 0 Å². The second kappa shape index (κ2) is 9.30. The van der Waals surface area contributed by atoms with Crippen LogP contribution >= 0.6 is 0 Å². The van der Waals surface area contributed by atoms with Crippen molar-refractivity contribution in [2.24, 2.45) is 18.0 Å². The first-order chi connectivity index (χ1) is 11.6. The van der Waals surface area contributed by atoms with Crippen molar-refractivity contribution in [2.75, 3.05) is 33.3 Å². The fourth-order valence-corrected chi connectivity index (χ4v) is 3.05. The Morgan fingerprint density at radius 2 is 2.38 bits per heavy atom. The maximum Gasteiger partial charge on any atom is 0.310 e. The quantitative estimate of drug-likeness (QED) is 0.366. The molecule has 2 heterocycles. The van der Waals surface area contributed by atoms with E-state index in [0.717, 1.165) is 44.7 Å². The minimum atomic E-state index is -0.0887. The maximum atomic E-state index is 12.0. The van der Waals surface area contributed by atoms with Crippen molar-refractivity contribution >= 4 is 11.9 Å². The Hall–Kier alpha value is -2.05. The summed E-state index contributed by atoms with van der Waals surface area (Å²) in [6.07, 6.45) is 7.84. The van der Waals surface area contributed by atoms with E-state index in [9.17, 15) is 4.79 Å². The van der Waals surface area contributed by atoms with Crippen molar-refractivity contribution in [2.45, 2.75) is 32.6 Å². The second-order valence-corrected chi connectivity index (χ2v) is 6.14. The van der Waals surface area contributed by atoms with Gasteiger partial charge in [-0.2, -0.15) is 5.10 Å². The lowest BCUT2D eigenvalue weighted by Crippen LogP contribution is -2.48. The maximum absolute atomic E-state index is 12.0. The average Bonchev–Trinajstić information content (AvgIpc) is 3.00. The summed E-state index contributed by atoms with van der Waals surface area (Å²) in [5.74, 6) is 0.733. The minimum Gasteiger partial charge on any atom is -0.466 e. The van der Waals surface area contributed by atoms with E-state index in [1.165, 1.54) is 5.56 Å². The third-order valence-corrected chi connectivity index (χ3v) is 4.24. The van der Waals surface area contributed by atoms with Gasteiger partial charge in [-0.1, -0.05) is 0 Å². The highest BCUT2D eigenvalue weighted by Crippen LogP contribution is 2.18. The van der Waals surface area contributed by atoms with Crippen LogP contribution < -0.4 is 5.32 Å². The summed E-state index contributed by atoms with van der Waals surface area (Å²) in [7, 11) is 3.72. The van der Waals surface area contributed by atoms with E-state index in [2.05, 4.69) is 20.3 Å². The molecule has 134 valence electrons. The standard InChI is InChI=1S/C17H29N5O2/c1-4-24-16(23)15-8-6-10-22(13-15)17(18-2)19-9-5-7-14-11-20-21(3)12-14/h11-12,15H,4-10,13H2,1-3H3,(H,18,19). The van der Waals surface area contributed by atoms with E-state index in [-0.39, 0.29) is 11.9 Å². The molecule has 1 aromatic heterocycles. The molecule has 1 saturated heterocycles. The van der Waals surface area contributed by atoms with E-state index in [4.69, 9.17) is 4.74 Å². The van der Waals surface area contributed by atoms with Crippen molar-refractivity contribution in [3.8, 4) is 0 Å². The Bertz CT molecular complexity index is 555. The third kappa shape index (κ3) is 5.25. The summed E-state index contributed by atoms with van der Waals surface area (Å²) >= 11 is 0. The number of rotatable bonds is 6. The number of aromatic nitrogens is 2. The van der Waals surface area contributed by atoms with Crippen LogP contribution in [0.25, 0.3) is 0 Å². The Morgan fingerprint density at radius 3 is 3.04 bits per heavy atom. The van der Waals surface area contributed by atoms with Crippen LogP contribution in [0.1, 0.15) is 31.7 Å². The molecule has 1 aliphatic rings. The Kier molecular flexibility index (Phi) is 7.08. The lowest BCUT2D eigenvalue weighted by atomic mass is 9.98. The lowest BCUT2D eigenvalue weighted by Gasteiger charge is -2.33. The number of guanidine groups is 1. The molecule has 0 aliphatic carbocycles. The molecular weight excluding hydrogens is 306 g/mol. The van der Waals surface area contributed by atoms with E-state index < -0.39 is 0 Å². The van der Waals surface area contributed by atoms with Gasteiger partial charge in [0.05, 0.1) is 18.7 Å². The van der Waals surface area contributed by atoms with Crippen molar-refractivity contribution in [1.82, 2.24) is 20.0 Å². The number of piperidine rings is 1. The summed E-state index contributed by atoms with van der Waals surface area (Å²) in [5, 5.41) is 7.58. The number of aliphatic imine (C=N–C) groups is 1. The van der Waals surface area contributed by atoms with Gasteiger partial charge in [0.15, 0.2) is 5.96 Å². The van der Waals surface area contributed by atoms with Crippen LogP contribution in [0.4, 0.5) is 0 Å². The molecule has 1 atom stereocenters. The first kappa shape index (κ1) is 18.3. The lowest BCUT2D eigenvalue weighted by molar-refractivity contribution is -0.149. The number of carbonyl (C=O) groups excluding carboxylic acids is 1. The van der Waals surface area contributed by atoms with Crippen LogP contribution in [0.3, 0.4) is 0 Å². The van der Waals surface area contributed by atoms with Crippen LogP contribution in [0, 0.1) is 5.92 Å². The van der Waals surface area contributed by atoms with Crippen molar-refractivity contribution < 1.29 is 9.53 Å². The first-order valence-corrected chi connectivity index (χ1v) is 8.73. The van der Waals surface area contributed by atoms with Gasteiger partial charge in [-0.3, -0.25) is 14.5 Å². The zero-order chi connectivity index (χ0) is 17.4. The molecule has 0 bridgehead atoms. The largest absolute Gasteiger partial charge is 0.466 e. The molecule has 24 heavy (non-hydrogen) atoms. The summed E-state index contributed by atoms with van der Waals surface area (Å²) in [5.41, 5.74) is 1.25. The van der Waals surface area contributed by atoms with Crippen molar-refractivity contribution in [1.29, 1.82) is 0 Å². The van der Waals surface area contributed by atoms with Gasteiger partial charge >= 0.3 is 5.97 Å². The smallest absolute Gasteiger partial charge is 0.310 e. The van der Waals surface area contributed by atoms with E-state index >= 15 is 0 Å². The molecule has 0 aromatic carbocycles. The van der Waals surface area contributed by atoms with Gasteiger partial charge < -0.3 is 15.0 Å². The summed E-state index contributed by atoms with van der Waals surface area (Å²) in [4.78, 5) is 18.5. The molecule has 0 spiro atoms. The zero-order valence-corrected chi connectivity index (χ0v) is 15.0. The normalized spacial score (nSPS) is 18.5. The molecule has 0 radical (unpaired) electrons. The highest BCUT2D eigenvalue weighted by molar-refractivity contribution is 5.81. The molecule has 0 amide bonds. The zero-order valence-electron chi connectivity index (χ0n) is 15.0. The molecule has 7 nitrogen and oxygen atoms in total. The van der Waals surface area contributed by atoms with Crippen molar-refractivity contribution in [3.05, 3.63) is 18.0 Å². The number of carbonyl (C=O) groups is 1. The Balaban J connectivity index is 1.77. The molecule has 0 saturated carbocycles. The average molecular weight is 335 g/mol. The molecule has 1 unspecified atom stereocenters. The number of nitrogens with one attached hydrogen (secondary N) is 1. The first-order valence-electron chi connectivity index (χ1n) is 8.73. The van der Waals surface area contributed by atoms with Gasteiger partial charge in [0.25, 0.3) is 0 Å². The van der Waals surface area contributed by atoms with E-state index in [0.29, 0.717) is 13.2 Å². The van der Waals surface area contributed by atoms with E-state index in [1.54, 1.807) is 7.05 Å². The second-order valence-electron chi connectivity index (χ2n) is 6.14. The Labute approximate surface area is 144 Å². The molecule has 7 heteroatoms. The van der Waals surface area contributed by atoms with Crippen LogP contribution in [-0.2, 0) is 23.0 Å². The van der Waals surface area contributed by atoms with Gasteiger partial charge in [-0.25, -0.2) is 0 Å². The van der Waals surface area contributed by atoms with Gasteiger partial charge in [0, 0.05) is 39.9 Å². The van der Waals surface area contributed by atoms with Gasteiger partial charge in [0.1, 0.15) is 0 Å².